The SMILES string of the molecule is CCNC(=NCC1CCN(CC(F)(F)F)C1)N(C)Cc1cccc(Cl)c1.I. The fourth-order valence-corrected chi connectivity index (χ4v) is 3.34. The first-order chi connectivity index (χ1) is 12.3. The molecule has 0 aromatic heterocycles. The van der Waals surface area contributed by atoms with Crippen molar-refractivity contribution in [3.8, 4) is 0 Å². The fourth-order valence-electron chi connectivity index (χ4n) is 3.13. The Balaban J connectivity index is 0.00000364. The molecule has 0 saturated carbocycles. The molecule has 1 saturated heterocycles. The monoisotopic (exact) mass is 518 g/mol. The van der Waals surface area contributed by atoms with Crippen LogP contribution in [0.25, 0.3) is 0 Å². The van der Waals surface area contributed by atoms with Crippen molar-refractivity contribution >= 4 is 41.5 Å². The molecule has 9 heteroatoms. The van der Waals surface area contributed by atoms with Crippen LogP contribution in [0.5, 0.6) is 0 Å². The van der Waals surface area contributed by atoms with E-state index in [1.165, 1.54) is 4.90 Å². The molecule has 1 aliphatic heterocycles. The molecule has 27 heavy (non-hydrogen) atoms. The Morgan fingerprint density at radius 3 is 2.78 bits per heavy atom. The Morgan fingerprint density at radius 2 is 2.15 bits per heavy atom. The number of alkyl halides is 3. The molecule has 1 aromatic carbocycles. The maximum absolute atomic E-state index is 12.5. The largest absolute Gasteiger partial charge is 0.401 e. The van der Waals surface area contributed by atoms with Crippen LogP contribution in [0.15, 0.2) is 29.3 Å². The zero-order valence-corrected chi connectivity index (χ0v) is 18.7. The molecular weight excluding hydrogens is 492 g/mol. The predicted octanol–water partition coefficient (Wildman–Crippen LogP) is 4.24. The van der Waals surface area contributed by atoms with E-state index in [0.717, 1.165) is 24.5 Å². The lowest BCUT2D eigenvalue weighted by Crippen LogP contribution is -2.39. The van der Waals surface area contributed by atoms with Gasteiger partial charge in [-0.1, -0.05) is 23.7 Å². The molecule has 0 amide bonds. The van der Waals surface area contributed by atoms with Gasteiger partial charge in [-0.25, -0.2) is 0 Å². The number of rotatable bonds is 6. The smallest absolute Gasteiger partial charge is 0.357 e. The third-order valence-corrected chi connectivity index (χ3v) is 4.51. The Labute approximate surface area is 181 Å². The average Bonchev–Trinajstić information content (AvgIpc) is 2.96. The molecule has 1 unspecified atom stereocenters. The van der Waals surface area contributed by atoms with Crippen molar-refractivity contribution in [2.75, 3.05) is 39.8 Å². The highest BCUT2D eigenvalue weighted by Crippen LogP contribution is 2.23. The number of hydrogen-bond donors (Lipinski definition) is 1. The minimum atomic E-state index is -4.13. The second kappa shape index (κ2) is 11.3. The third-order valence-electron chi connectivity index (χ3n) is 4.28. The molecule has 0 bridgehead atoms. The maximum Gasteiger partial charge on any atom is 0.401 e. The highest BCUT2D eigenvalue weighted by atomic mass is 127. The standard InChI is InChI=1S/C18H26ClF3N4.HI/c1-3-23-17(25(2)11-14-5-4-6-16(19)9-14)24-10-15-7-8-26(12-15)13-18(20,21)22;/h4-6,9,15H,3,7-8,10-13H2,1-2H3,(H,23,24);1H. The van der Waals surface area contributed by atoms with Crippen molar-refractivity contribution in [1.29, 1.82) is 0 Å². The highest BCUT2D eigenvalue weighted by Gasteiger charge is 2.34. The Bertz CT molecular complexity index is 613. The van der Waals surface area contributed by atoms with E-state index in [0.29, 0.717) is 31.2 Å². The van der Waals surface area contributed by atoms with Gasteiger partial charge in [-0.15, -0.1) is 24.0 Å². The summed E-state index contributed by atoms with van der Waals surface area (Å²) in [5, 5.41) is 3.93. The van der Waals surface area contributed by atoms with E-state index in [4.69, 9.17) is 11.6 Å². The lowest BCUT2D eigenvalue weighted by atomic mass is 10.1. The number of benzene rings is 1. The van der Waals surface area contributed by atoms with Gasteiger partial charge in [-0.05, 0) is 43.5 Å². The summed E-state index contributed by atoms with van der Waals surface area (Å²) < 4.78 is 37.5. The van der Waals surface area contributed by atoms with Crippen LogP contribution >= 0.6 is 35.6 Å². The van der Waals surface area contributed by atoms with Gasteiger partial charge in [-0.2, -0.15) is 13.2 Å². The summed E-state index contributed by atoms with van der Waals surface area (Å²) in [5.74, 6) is 0.910. The molecule has 1 aromatic rings. The molecular formula is C18H27ClF3IN4. The number of guanidine groups is 1. The highest BCUT2D eigenvalue weighted by molar-refractivity contribution is 14.0. The van der Waals surface area contributed by atoms with E-state index in [2.05, 4.69) is 10.3 Å². The summed E-state index contributed by atoms with van der Waals surface area (Å²) in [6.45, 7) is 3.98. The number of nitrogens with zero attached hydrogens (tertiary/aromatic N) is 3. The summed E-state index contributed by atoms with van der Waals surface area (Å²) in [6.07, 6.45) is -3.39. The van der Waals surface area contributed by atoms with E-state index < -0.39 is 12.7 Å². The van der Waals surface area contributed by atoms with Crippen LogP contribution in [0.2, 0.25) is 5.02 Å². The van der Waals surface area contributed by atoms with Crippen LogP contribution in [-0.2, 0) is 6.54 Å². The maximum atomic E-state index is 12.5. The Kier molecular flexibility index (Phi) is 10.2. The van der Waals surface area contributed by atoms with E-state index in [1.54, 1.807) is 0 Å². The van der Waals surface area contributed by atoms with Crippen molar-refractivity contribution in [2.24, 2.45) is 10.9 Å². The van der Waals surface area contributed by atoms with Crippen LogP contribution in [-0.4, -0.2) is 61.7 Å². The zero-order chi connectivity index (χ0) is 19.2. The van der Waals surface area contributed by atoms with Gasteiger partial charge in [0.15, 0.2) is 5.96 Å². The lowest BCUT2D eigenvalue weighted by Gasteiger charge is -2.23. The summed E-state index contributed by atoms with van der Waals surface area (Å²) in [5.41, 5.74) is 1.07. The van der Waals surface area contributed by atoms with E-state index in [9.17, 15) is 13.2 Å². The zero-order valence-electron chi connectivity index (χ0n) is 15.6. The van der Waals surface area contributed by atoms with Crippen molar-refractivity contribution in [2.45, 2.75) is 26.1 Å². The van der Waals surface area contributed by atoms with Gasteiger partial charge in [0.05, 0.1) is 6.54 Å². The predicted molar refractivity (Wildman–Crippen MR) is 115 cm³/mol. The molecule has 0 spiro atoms. The Hall–Kier alpha value is -0.740. The topological polar surface area (TPSA) is 30.9 Å². The lowest BCUT2D eigenvalue weighted by molar-refractivity contribution is -0.143. The number of halogens is 5. The van der Waals surface area contributed by atoms with E-state index in [1.807, 2.05) is 43.1 Å². The van der Waals surface area contributed by atoms with Gasteiger partial charge in [0, 0.05) is 38.2 Å². The average molecular weight is 519 g/mol. The number of likely N-dealkylation sites (tertiary alicyclic amines) is 1. The molecule has 1 atom stereocenters. The van der Waals surface area contributed by atoms with Gasteiger partial charge in [0.1, 0.15) is 0 Å². The first kappa shape index (κ1) is 24.3. The summed E-state index contributed by atoms with van der Waals surface area (Å²) >= 11 is 6.03. The molecule has 1 aliphatic rings. The second-order valence-corrected chi connectivity index (χ2v) is 7.12. The van der Waals surface area contributed by atoms with Crippen LogP contribution in [0, 0.1) is 5.92 Å². The minimum Gasteiger partial charge on any atom is -0.357 e. The van der Waals surface area contributed by atoms with Gasteiger partial charge >= 0.3 is 6.18 Å². The van der Waals surface area contributed by atoms with Gasteiger partial charge < -0.3 is 10.2 Å². The van der Waals surface area contributed by atoms with E-state index >= 15 is 0 Å². The van der Waals surface area contributed by atoms with Crippen LogP contribution in [0.3, 0.4) is 0 Å². The number of nitrogens with one attached hydrogen (secondary N) is 1. The Morgan fingerprint density at radius 1 is 1.41 bits per heavy atom. The molecule has 0 radical (unpaired) electrons. The second-order valence-electron chi connectivity index (χ2n) is 6.69. The summed E-state index contributed by atoms with van der Waals surface area (Å²) in [4.78, 5) is 8.09. The first-order valence-electron chi connectivity index (χ1n) is 8.80. The molecule has 154 valence electrons. The molecule has 0 aliphatic carbocycles. The third kappa shape index (κ3) is 8.87. The van der Waals surface area contributed by atoms with Crippen molar-refractivity contribution in [1.82, 2.24) is 15.1 Å². The van der Waals surface area contributed by atoms with E-state index in [-0.39, 0.29) is 29.9 Å². The van der Waals surface area contributed by atoms with Crippen LogP contribution in [0.4, 0.5) is 13.2 Å². The molecule has 1 heterocycles. The normalized spacial score (nSPS) is 18.3. The number of hydrogen-bond acceptors (Lipinski definition) is 2. The quantitative estimate of drug-likeness (QED) is 0.347. The molecule has 1 N–H and O–H groups in total. The van der Waals surface area contributed by atoms with Crippen molar-refractivity contribution in [3.05, 3.63) is 34.9 Å². The van der Waals surface area contributed by atoms with Crippen LogP contribution in [0.1, 0.15) is 18.9 Å². The first-order valence-corrected chi connectivity index (χ1v) is 9.17. The van der Waals surface area contributed by atoms with Crippen molar-refractivity contribution in [3.63, 3.8) is 0 Å². The van der Waals surface area contributed by atoms with Gasteiger partial charge in [0.2, 0.25) is 0 Å². The van der Waals surface area contributed by atoms with Crippen molar-refractivity contribution < 1.29 is 13.2 Å². The van der Waals surface area contributed by atoms with Gasteiger partial charge in [0.25, 0.3) is 0 Å². The summed E-state index contributed by atoms with van der Waals surface area (Å²) in [7, 11) is 1.94. The minimum absolute atomic E-state index is 0. The van der Waals surface area contributed by atoms with Gasteiger partial charge in [-0.3, -0.25) is 9.89 Å². The number of aliphatic imine (C=N–C) groups is 1. The summed E-state index contributed by atoms with van der Waals surface area (Å²) in [6, 6.07) is 7.64. The fraction of sp³-hybridized carbons (Fsp3) is 0.611. The molecule has 4 nitrogen and oxygen atoms in total. The molecule has 2 rings (SSSR count). The molecule has 1 fully saturated rings. The van der Waals surface area contributed by atoms with Crippen LogP contribution < -0.4 is 5.32 Å².